The van der Waals surface area contributed by atoms with Crippen molar-refractivity contribution in [2.24, 2.45) is 0 Å². The lowest BCUT2D eigenvalue weighted by molar-refractivity contribution is -0.121. The highest BCUT2D eigenvalue weighted by atomic mass is 32.2. The van der Waals surface area contributed by atoms with Crippen LogP contribution >= 0.6 is 0 Å². The maximum atomic E-state index is 12.5. The van der Waals surface area contributed by atoms with Crippen molar-refractivity contribution < 1.29 is 27.4 Å². The number of carbonyl (C=O) groups is 1. The zero-order valence-electron chi connectivity index (χ0n) is 17.9. The van der Waals surface area contributed by atoms with Gasteiger partial charge in [0.25, 0.3) is 0 Å². The van der Waals surface area contributed by atoms with Gasteiger partial charge in [-0.25, -0.2) is 13.1 Å². The van der Waals surface area contributed by atoms with Gasteiger partial charge in [-0.15, -0.1) is 0 Å². The first-order chi connectivity index (χ1) is 14.2. The van der Waals surface area contributed by atoms with Crippen LogP contribution in [0.3, 0.4) is 0 Å². The van der Waals surface area contributed by atoms with Crippen LogP contribution in [0, 0.1) is 13.8 Å². The molecule has 2 aromatic carbocycles. The van der Waals surface area contributed by atoms with Crippen LogP contribution in [-0.4, -0.2) is 42.2 Å². The van der Waals surface area contributed by atoms with Gasteiger partial charge >= 0.3 is 0 Å². The van der Waals surface area contributed by atoms with E-state index in [0.717, 1.165) is 5.56 Å². The summed E-state index contributed by atoms with van der Waals surface area (Å²) in [5.74, 6) is 1.29. The molecular formula is C21H28N2O6S. The molecule has 8 nitrogen and oxygen atoms in total. The van der Waals surface area contributed by atoms with Crippen molar-refractivity contribution in [2.75, 3.05) is 27.9 Å². The third-order valence-electron chi connectivity index (χ3n) is 4.54. The maximum Gasteiger partial charge on any atom is 0.240 e. The Bertz CT molecular complexity index is 1000. The summed E-state index contributed by atoms with van der Waals surface area (Å²) in [5, 5.41) is 2.76. The van der Waals surface area contributed by atoms with Crippen molar-refractivity contribution in [3.8, 4) is 17.2 Å². The maximum absolute atomic E-state index is 12.5. The minimum atomic E-state index is -3.68. The Balaban J connectivity index is 1.95. The second-order valence-electron chi connectivity index (χ2n) is 6.71. The van der Waals surface area contributed by atoms with Crippen molar-refractivity contribution in [3.63, 3.8) is 0 Å². The van der Waals surface area contributed by atoms with E-state index in [1.807, 2.05) is 13.0 Å². The Morgan fingerprint density at radius 1 is 0.933 bits per heavy atom. The molecule has 0 fully saturated rings. The lowest BCUT2D eigenvalue weighted by Gasteiger charge is -2.15. The molecule has 2 aromatic rings. The van der Waals surface area contributed by atoms with Crippen molar-refractivity contribution in [1.29, 1.82) is 0 Å². The number of nitrogens with one attached hydrogen (secondary N) is 2. The van der Waals surface area contributed by atoms with Crippen molar-refractivity contribution in [2.45, 2.75) is 31.7 Å². The highest BCUT2D eigenvalue weighted by molar-refractivity contribution is 7.89. The van der Waals surface area contributed by atoms with Crippen LogP contribution in [0.25, 0.3) is 0 Å². The van der Waals surface area contributed by atoms with Gasteiger partial charge in [0.2, 0.25) is 15.9 Å². The predicted octanol–water partition coefficient (Wildman–Crippen LogP) is 2.31. The number of rotatable bonds is 10. The van der Waals surface area contributed by atoms with E-state index in [9.17, 15) is 13.2 Å². The van der Waals surface area contributed by atoms with Crippen LogP contribution in [0.4, 0.5) is 0 Å². The van der Waals surface area contributed by atoms with E-state index in [-0.39, 0.29) is 30.3 Å². The van der Waals surface area contributed by atoms with Gasteiger partial charge in [0.05, 0.1) is 26.2 Å². The van der Waals surface area contributed by atoms with Crippen LogP contribution < -0.4 is 24.2 Å². The first kappa shape index (κ1) is 23.5. The minimum absolute atomic E-state index is 0.000299. The zero-order chi connectivity index (χ0) is 22.3. The molecule has 0 aliphatic rings. The molecule has 0 heterocycles. The third-order valence-corrected chi connectivity index (χ3v) is 6.14. The topological polar surface area (TPSA) is 103 Å². The molecule has 164 valence electrons. The van der Waals surface area contributed by atoms with Crippen molar-refractivity contribution in [3.05, 3.63) is 47.0 Å². The Hall–Kier alpha value is -2.78. The Morgan fingerprint density at radius 2 is 1.57 bits per heavy atom. The van der Waals surface area contributed by atoms with Crippen LogP contribution in [-0.2, 0) is 21.4 Å². The monoisotopic (exact) mass is 436 g/mol. The molecule has 9 heteroatoms. The first-order valence-electron chi connectivity index (χ1n) is 9.34. The number of hydrogen-bond donors (Lipinski definition) is 2. The SMILES string of the molecule is COc1cc(OC)c(OC)cc1CNC(=O)CCNS(=O)(=O)c1cc(C)ccc1C. The molecule has 0 aliphatic heterocycles. The van der Waals surface area contributed by atoms with E-state index >= 15 is 0 Å². The standard InChI is InChI=1S/C21H28N2O6S/c1-14-6-7-15(2)20(10-14)30(25,26)23-9-8-21(24)22-13-16-11-18(28-4)19(29-5)12-17(16)27-3/h6-7,10-12,23H,8-9,13H2,1-5H3,(H,22,24). The molecule has 1 amide bonds. The Labute approximate surface area is 177 Å². The summed E-state index contributed by atoms with van der Waals surface area (Å²) in [6, 6.07) is 8.62. The van der Waals surface area contributed by atoms with Crippen molar-refractivity contribution >= 4 is 15.9 Å². The molecule has 0 radical (unpaired) electrons. The summed E-state index contributed by atoms with van der Waals surface area (Å²) in [6.07, 6.45) is -0.000299. The lowest BCUT2D eigenvalue weighted by Crippen LogP contribution is -2.31. The molecule has 0 spiro atoms. The number of aryl methyl sites for hydroxylation is 2. The van der Waals surface area contributed by atoms with E-state index < -0.39 is 10.0 Å². The largest absolute Gasteiger partial charge is 0.496 e. The zero-order valence-corrected chi connectivity index (χ0v) is 18.7. The number of amides is 1. The number of hydrogen-bond acceptors (Lipinski definition) is 6. The molecular weight excluding hydrogens is 408 g/mol. The second-order valence-corrected chi connectivity index (χ2v) is 8.45. The minimum Gasteiger partial charge on any atom is -0.496 e. The molecule has 0 saturated carbocycles. The fourth-order valence-corrected chi connectivity index (χ4v) is 4.25. The average Bonchev–Trinajstić information content (AvgIpc) is 2.72. The van der Waals surface area contributed by atoms with Gasteiger partial charge in [-0.1, -0.05) is 12.1 Å². The van der Waals surface area contributed by atoms with Crippen LogP contribution in [0.5, 0.6) is 17.2 Å². The van der Waals surface area contributed by atoms with Gasteiger partial charge in [-0.3, -0.25) is 4.79 Å². The molecule has 0 unspecified atom stereocenters. The summed E-state index contributed by atoms with van der Waals surface area (Å²) in [4.78, 5) is 12.4. The fourth-order valence-electron chi connectivity index (χ4n) is 2.89. The fraction of sp³-hybridized carbons (Fsp3) is 0.381. The summed E-state index contributed by atoms with van der Waals surface area (Å²) in [7, 11) is 0.887. The molecule has 0 saturated heterocycles. The highest BCUT2D eigenvalue weighted by Gasteiger charge is 2.17. The van der Waals surface area contributed by atoms with Gasteiger partial charge < -0.3 is 19.5 Å². The molecule has 0 bridgehead atoms. The van der Waals surface area contributed by atoms with Crippen LogP contribution in [0.1, 0.15) is 23.1 Å². The molecule has 2 N–H and O–H groups in total. The van der Waals surface area contributed by atoms with E-state index in [0.29, 0.717) is 28.4 Å². The van der Waals surface area contributed by atoms with Gasteiger partial charge in [0.15, 0.2) is 11.5 Å². The van der Waals surface area contributed by atoms with Crippen LogP contribution in [0.15, 0.2) is 35.2 Å². The predicted molar refractivity (Wildman–Crippen MR) is 114 cm³/mol. The summed E-state index contributed by atoms with van der Waals surface area (Å²) < 4.78 is 43.3. The smallest absolute Gasteiger partial charge is 0.240 e. The number of sulfonamides is 1. The second kappa shape index (κ2) is 10.3. The van der Waals surface area contributed by atoms with E-state index in [2.05, 4.69) is 10.0 Å². The number of carbonyl (C=O) groups excluding carboxylic acids is 1. The normalized spacial score (nSPS) is 11.1. The summed E-state index contributed by atoms with van der Waals surface area (Å²) in [6.45, 7) is 3.75. The molecule has 0 aromatic heterocycles. The molecule has 2 rings (SSSR count). The molecule has 30 heavy (non-hydrogen) atoms. The quantitative estimate of drug-likeness (QED) is 0.593. The average molecular weight is 437 g/mol. The van der Waals surface area contributed by atoms with Crippen LogP contribution in [0.2, 0.25) is 0 Å². The Kier molecular flexibility index (Phi) is 8.08. The highest BCUT2D eigenvalue weighted by Crippen LogP contribution is 2.34. The number of ether oxygens (including phenoxy) is 3. The van der Waals surface area contributed by atoms with E-state index in [1.165, 1.54) is 21.3 Å². The third kappa shape index (κ3) is 5.87. The van der Waals surface area contributed by atoms with Gasteiger partial charge in [-0.2, -0.15) is 0 Å². The molecule has 0 atom stereocenters. The van der Waals surface area contributed by atoms with E-state index in [1.54, 1.807) is 31.2 Å². The van der Waals surface area contributed by atoms with E-state index in [4.69, 9.17) is 14.2 Å². The summed E-state index contributed by atoms with van der Waals surface area (Å²) >= 11 is 0. The van der Waals surface area contributed by atoms with Crippen molar-refractivity contribution in [1.82, 2.24) is 10.0 Å². The first-order valence-corrected chi connectivity index (χ1v) is 10.8. The van der Waals surface area contributed by atoms with Gasteiger partial charge in [0, 0.05) is 31.1 Å². The summed E-state index contributed by atoms with van der Waals surface area (Å²) in [5.41, 5.74) is 2.21. The van der Waals surface area contributed by atoms with Gasteiger partial charge in [-0.05, 0) is 37.1 Å². The molecule has 0 aliphatic carbocycles. The van der Waals surface area contributed by atoms with Gasteiger partial charge in [0.1, 0.15) is 5.75 Å². The Morgan fingerprint density at radius 3 is 2.20 bits per heavy atom. The lowest BCUT2D eigenvalue weighted by atomic mass is 10.1. The number of benzene rings is 2. The number of methoxy groups -OCH3 is 3.